The molecule has 0 amide bonds. The van der Waals surface area contributed by atoms with E-state index in [1.165, 1.54) is 12.8 Å². The first-order chi connectivity index (χ1) is 6.91. The zero-order valence-corrected chi connectivity index (χ0v) is 9.68. The molecule has 0 rings (SSSR count). The minimum Gasteiger partial charge on any atom is -0.381 e. The maximum atomic E-state index is 5.42. The average molecular weight is 205 g/mol. The van der Waals surface area contributed by atoms with Gasteiger partial charge in [-0.25, -0.2) is 0 Å². The summed E-state index contributed by atoms with van der Waals surface area (Å²) in [5, 5.41) is 3.09. The maximum Gasteiger partial charge on any atom is 0.0487 e. The first kappa shape index (κ1) is 13.9. The summed E-state index contributed by atoms with van der Waals surface area (Å²) in [7, 11) is 1.96. The fourth-order valence-corrected chi connectivity index (χ4v) is 1.06. The van der Waals surface area contributed by atoms with Gasteiger partial charge in [-0.15, -0.1) is 0 Å². The number of hydrogen-bond donors (Lipinski definition) is 1. The Morgan fingerprint density at radius 3 is 2.07 bits per heavy atom. The maximum absolute atomic E-state index is 5.42. The molecule has 0 radical (unpaired) electrons. The van der Waals surface area contributed by atoms with E-state index in [1.54, 1.807) is 0 Å². The number of unbranched alkanes of at least 4 members (excludes halogenated alkanes) is 1. The molecule has 0 aromatic rings. The largest absolute Gasteiger partial charge is 0.381 e. The lowest BCUT2D eigenvalue weighted by molar-refractivity contribution is 0.0808. The van der Waals surface area contributed by atoms with Crippen LogP contribution in [0.4, 0.5) is 0 Å². The number of nitrogens with one attached hydrogen (secondary N) is 1. The molecule has 14 heavy (non-hydrogen) atoms. The third kappa shape index (κ3) is 11.9. The van der Waals surface area contributed by atoms with Gasteiger partial charge in [0.05, 0.1) is 0 Å². The molecule has 88 valence electrons. The van der Waals surface area contributed by atoms with Crippen LogP contribution in [0.3, 0.4) is 0 Å². The Kier molecular flexibility index (Phi) is 12.8. The van der Waals surface area contributed by atoms with E-state index in [2.05, 4.69) is 12.2 Å². The highest BCUT2D eigenvalue weighted by atomic mass is 16.5. The average Bonchev–Trinajstić information content (AvgIpc) is 2.21. The molecule has 0 aromatic carbocycles. The van der Waals surface area contributed by atoms with Crippen molar-refractivity contribution in [1.82, 2.24) is 5.32 Å². The topological polar surface area (TPSA) is 30.5 Å². The Morgan fingerprint density at radius 2 is 1.50 bits per heavy atom. The monoisotopic (exact) mass is 205 g/mol. The highest BCUT2D eigenvalue weighted by Crippen LogP contribution is 1.91. The van der Waals surface area contributed by atoms with Gasteiger partial charge in [0.15, 0.2) is 0 Å². The van der Waals surface area contributed by atoms with Crippen molar-refractivity contribution in [3.63, 3.8) is 0 Å². The summed E-state index contributed by atoms with van der Waals surface area (Å²) in [4.78, 5) is 0. The molecule has 0 aromatic heterocycles. The molecule has 0 aliphatic heterocycles. The molecule has 1 N–H and O–H groups in total. The van der Waals surface area contributed by atoms with Gasteiger partial charge in [-0.3, -0.25) is 0 Å². The van der Waals surface area contributed by atoms with Crippen molar-refractivity contribution in [1.29, 1.82) is 0 Å². The van der Waals surface area contributed by atoms with Crippen LogP contribution in [-0.2, 0) is 9.47 Å². The predicted molar refractivity (Wildman–Crippen MR) is 61.8 cm³/mol. The molecule has 0 heterocycles. The van der Waals surface area contributed by atoms with E-state index in [4.69, 9.17) is 9.47 Å². The van der Waals surface area contributed by atoms with E-state index in [1.807, 2.05) is 7.05 Å². The van der Waals surface area contributed by atoms with Crippen molar-refractivity contribution in [2.45, 2.75) is 32.6 Å². The Labute approximate surface area is 89.7 Å². The van der Waals surface area contributed by atoms with Crippen molar-refractivity contribution in [2.75, 3.05) is 40.0 Å². The summed E-state index contributed by atoms with van der Waals surface area (Å²) in [6, 6.07) is 0. The van der Waals surface area contributed by atoms with Crippen molar-refractivity contribution in [3.05, 3.63) is 0 Å². The smallest absolute Gasteiger partial charge is 0.0487 e. The summed E-state index contributed by atoms with van der Waals surface area (Å²) >= 11 is 0. The van der Waals surface area contributed by atoms with Crippen LogP contribution in [0.15, 0.2) is 0 Å². The minimum atomic E-state index is 0. The van der Waals surface area contributed by atoms with Crippen LogP contribution in [0, 0.1) is 0 Å². The lowest BCUT2D eigenvalue weighted by atomic mass is 10.4. The van der Waals surface area contributed by atoms with E-state index in [9.17, 15) is 0 Å². The zero-order valence-electron chi connectivity index (χ0n) is 9.68. The third-order valence-corrected chi connectivity index (χ3v) is 1.94. The number of rotatable bonds is 11. The Morgan fingerprint density at radius 1 is 0.929 bits per heavy atom. The third-order valence-electron chi connectivity index (χ3n) is 1.94. The highest BCUT2D eigenvalue weighted by molar-refractivity contribution is 4.40. The van der Waals surface area contributed by atoms with Gasteiger partial charge in [0.2, 0.25) is 0 Å². The second-order valence-electron chi connectivity index (χ2n) is 3.39. The molecular formula is C11H27NO2. The van der Waals surface area contributed by atoms with Crippen molar-refractivity contribution >= 4 is 0 Å². The Balaban J connectivity index is 0. The second kappa shape index (κ2) is 12.9. The molecule has 0 saturated heterocycles. The van der Waals surface area contributed by atoms with Gasteiger partial charge in [-0.2, -0.15) is 0 Å². The van der Waals surface area contributed by atoms with Crippen LogP contribution in [0.1, 0.15) is 34.0 Å². The van der Waals surface area contributed by atoms with E-state index < -0.39 is 0 Å². The standard InChI is InChI=1S/C11H25NO2.H2/c1-3-4-8-13-10-6-11-14-9-5-7-12-2;/h12H,3-11H2,1-2H3;1H. The molecule has 0 aliphatic carbocycles. The summed E-state index contributed by atoms with van der Waals surface area (Å²) in [6.07, 6.45) is 4.49. The Bertz CT molecular complexity index is 92.6. The Hall–Kier alpha value is -0.120. The molecular weight excluding hydrogens is 178 g/mol. The van der Waals surface area contributed by atoms with Crippen LogP contribution in [0.2, 0.25) is 0 Å². The quantitative estimate of drug-likeness (QED) is 0.524. The van der Waals surface area contributed by atoms with E-state index in [-0.39, 0.29) is 1.43 Å². The molecule has 0 aliphatic rings. The number of ether oxygens (including phenoxy) is 2. The molecule has 3 heteroatoms. The van der Waals surface area contributed by atoms with Gasteiger partial charge < -0.3 is 14.8 Å². The van der Waals surface area contributed by atoms with Crippen molar-refractivity contribution < 1.29 is 10.9 Å². The first-order valence-corrected chi connectivity index (χ1v) is 5.72. The fourth-order valence-electron chi connectivity index (χ4n) is 1.06. The van der Waals surface area contributed by atoms with Crippen LogP contribution in [-0.4, -0.2) is 40.0 Å². The molecule has 0 bridgehead atoms. The molecule has 0 spiro atoms. The predicted octanol–water partition coefficient (Wildman–Crippen LogP) is 2.07. The van der Waals surface area contributed by atoms with Gasteiger partial charge in [0, 0.05) is 27.9 Å². The van der Waals surface area contributed by atoms with E-state index >= 15 is 0 Å². The lowest BCUT2D eigenvalue weighted by Crippen LogP contribution is -2.11. The molecule has 0 atom stereocenters. The molecule has 0 fully saturated rings. The van der Waals surface area contributed by atoms with Crippen molar-refractivity contribution in [2.24, 2.45) is 0 Å². The normalized spacial score (nSPS) is 10.7. The molecule has 0 unspecified atom stereocenters. The lowest BCUT2D eigenvalue weighted by Gasteiger charge is -2.04. The number of hydrogen-bond acceptors (Lipinski definition) is 3. The van der Waals surface area contributed by atoms with Gasteiger partial charge in [0.1, 0.15) is 0 Å². The van der Waals surface area contributed by atoms with Gasteiger partial charge in [-0.1, -0.05) is 13.3 Å². The van der Waals surface area contributed by atoms with Crippen molar-refractivity contribution in [3.8, 4) is 0 Å². The van der Waals surface area contributed by atoms with E-state index in [0.29, 0.717) is 0 Å². The van der Waals surface area contributed by atoms with Gasteiger partial charge >= 0.3 is 0 Å². The summed E-state index contributed by atoms with van der Waals surface area (Å²) < 4.78 is 10.8. The summed E-state index contributed by atoms with van der Waals surface area (Å²) in [5.74, 6) is 0. The van der Waals surface area contributed by atoms with Crippen LogP contribution in [0.25, 0.3) is 0 Å². The van der Waals surface area contributed by atoms with Gasteiger partial charge in [0.25, 0.3) is 0 Å². The molecule has 3 nitrogen and oxygen atoms in total. The zero-order chi connectivity index (χ0) is 10.5. The van der Waals surface area contributed by atoms with E-state index in [0.717, 1.165) is 45.8 Å². The minimum absolute atomic E-state index is 0. The SMILES string of the molecule is CCCCOCCCOCCCNC.[HH]. The fraction of sp³-hybridized carbons (Fsp3) is 1.00. The van der Waals surface area contributed by atoms with Crippen LogP contribution < -0.4 is 5.32 Å². The summed E-state index contributed by atoms with van der Waals surface area (Å²) in [5.41, 5.74) is 0. The molecule has 0 saturated carbocycles. The van der Waals surface area contributed by atoms with Gasteiger partial charge in [-0.05, 0) is 32.9 Å². The van der Waals surface area contributed by atoms with Crippen LogP contribution in [0.5, 0.6) is 0 Å². The highest BCUT2D eigenvalue weighted by Gasteiger charge is 1.90. The summed E-state index contributed by atoms with van der Waals surface area (Å²) in [6.45, 7) is 6.63. The van der Waals surface area contributed by atoms with Crippen LogP contribution >= 0.6 is 0 Å². The second-order valence-corrected chi connectivity index (χ2v) is 3.39. The first-order valence-electron chi connectivity index (χ1n) is 5.72.